The molecule has 0 radical (unpaired) electrons. The van der Waals surface area contributed by atoms with Crippen LogP contribution in [-0.4, -0.2) is 20.1 Å². The SMILES string of the molecule is CCC(CNC)CNCc1ccccc1. The lowest BCUT2D eigenvalue weighted by atomic mass is 10.1. The third-order valence-corrected chi connectivity index (χ3v) is 2.68. The molecule has 0 aliphatic rings. The Bertz CT molecular complexity index is 246. The lowest BCUT2D eigenvalue weighted by Gasteiger charge is -2.15. The van der Waals surface area contributed by atoms with Gasteiger partial charge in [0, 0.05) is 6.54 Å². The second-order valence-corrected chi connectivity index (χ2v) is 3.95. The van der Waals surface area contributed by atoms with Crippen LogP contribution in [0.15, 0.2) is 30.3 Å². The molecule has 0 saturated heterocycles. The lowest BCUT2D eigenvalue weighted by molar-refractivity contribution is 0.445. The second kappa shape index (κ2) is 7.43. The average molecular weight is 206 g/mol. The molecule has 0 bridgehead atoms. The van der Waals surface area contributed by atoms with E-state index in [1.54, 1.807) is 0 Å². The third kappa shape index (κ3) is 4.96. The maximum atomic E-state index is 3.50. The van der Waals surface area contributed by atoms with Crippen molar-refractivity contribution in [1.29, 1.82) is 0 Å². The number of hydrogen-bond acceptors (Lipinski definition) is 2. The zero-order valence-corrected chi connectivity index (χ0v) is 9.79. The van der Waals surface area contributed by atoms with Crippen molar-refractivity contribution in [3.63, 3.8) is 0 Å². The fourth-order valence-corrected chi connectivity index (χ4v) is 1.67. The van der Waals surface area contributed by atoms with E-state index in [0.717, 1.165) is 25.6 Å². The molecular weight excluding hydrogens is 184 g/mol. The predicted octanol–water partition coefficient (Wildman–Crippen LogP) is 2.02. The molecule has 0 heterocycles. The first-order valence-corrected chi connectivity index (χ1v) is 5.76. The van der Waals surface area contributed by atoms with Gasteiger partial charge in [-0.3, -0.25) is 0 Å². The summed E-state index contributed by atoms with van der Waals surface area (Å²) in [6, 6.07) is 10.5. The summed E-state index contributed by atoms with van der Waals surface area (Å²) in [5.41, 5.74) is 1.36. The van der Waals surface area contributed by atoms with Crippen LogP contribution >= 0.6 is 0 Å². The molecule has 84 valence electrons. The van der Waals surface area contributed by atoms with Gasteiger partial charge in [-0.1, -0.05) is 43.7 Å². The molecule has 1 aromatic carbocycles. The zero-order valence-electron chi connectivity index (χ0n) is 9.79. The molecule has 1 unspecified atom stereocenters. The molecule has 0 saturated carbocycles. The minimum Gasteiger partial charge on any atom is -0.319 e. The van der Waals surface area contributed by atoms with Crippen molar-refractivity contribution in [2.24, 2.45) is 5.92 Å². The minimum absolute atomic E-state index is 0.735. The van der Waals surface area contributed by atoms with E-state index in [0.29, 0.717) is 0 Å². The molecule has 2 heteroatoms. The third-order valence-electron chi connectivity index (χ3n) is 2.68. The summed E-state index contributed by atoms with van der Waals surface area (Å²) >= 11 is 0. The van der Waals surface area contributed by atoms with Gasteiger partial charge >= 0.3 is 0 Å². The highest BCUT2D eigenvalue weighted by Gasteiger charge is 2.03. The molecule has 0 amide bonds. The molecule has 1 rings (SSSR count). The van der Waals surface area contributed by atoms with Crippen molar-refractivity contribution in [2.45, 2.75) is 19.9 Å². The molecule has 2 N–H and O–H groups in total. The van der Waals surface area contributed by atoms with Crippen LogP contribution < -0.4 is 10.6 Å². The highest BCUT2D eigenvalue weighted by atomic mass is 14.9. The van der Waals surface area contributed by atoms with Crippen molar-refractivity contribution < 1.29 is 0 Å². The summed E-state index contributed by atoms with van der Waals surface area (Å²) in [5.74, 6) is 0.735. The van der Waals surface area contributed by atoms with E-state index in [9.17, 15) is 0 Å². The minimum atomic E-state index is 0.735. The van der Waals surface area contributed by atoms with Gasteiger partial charge in [-0.2, -0.15) is 0 Å². The molecule has 0 aromatic heterocycles. The van der Waals surface area contributed by atoms with E-state index in [4.69, 9.17) is 0 Å². The lowest BCUT2D eigenvalue weighted by Crippen LogP contribution is -2.29. The van der Waals surface area contributed by atoms with Gasteiger partial charge < -0.3 is 10.6 Å². The Labute approximate surface area is 93.1 Å². The van der Waals surface area contributed by atoms with E-state index in [-0.39, 0.29) is 0 Å². The van der Waals surface area contributed by atoms with Gasteiger partial charge in [0.05, 0.1) is 0 Å². The fraction of sp³-hybridized carbons (Fsp3) is 0.538. The first kappa shape index (κ1) is 12.2. The van der Waals surface area contributed by atoms with Crippen molar-refractivity contribution in [1.82, 2.24) is 10.6 Å². The highest BCUT2D eigenvalue weighted by molar-refractivity contribution is 5.14. The van der Waals surface area contributed by atoms with Crippen LogP contribution in [0.5, 0.6) is 0 Å². The Morgan fingerprint density at radius 1 is 1.13 bits per heavy atom. The molecule has 0 fully saturated rings. The average Bonchev–Trinajstić information content (AvgIpc) is 2.29. The number of hydrogen-bond donors (Lipinski definition) is 2. The smallest absolute Gasteiger partial charge is 0.0205 e. The summed E-state index contributed by atoms with van der Waals surface area (Å²) in [7, 11) is 2.01. The Balaban J connectivity index is 2.20. The van der Waals surface area contributed by atoms with Crippen molar-refractivity contribution in [2.75, 3.05) is 20.1 Å². The van der Waals surface area contributed by atoms with Crippen molar-refractivity contribution >= 4 is 0 Å². The van der Waals surface area contributed by atoms with Gasteiger partial charge in [0.25, 0.3) is 0 Å². The molecule has 15 heavy (non-hydrogen) atoms. The topological polar surface area (TPSA) is 24.1 Å². The van der Waals surface area contributed by atoms with Crippen molar-refractivity contribution in [3.05, 3.63) is 35.9 Å². The Morgan fingerprint density at radius 2 is 1.87 bits per heavy atom. The summed E-state index contributed by atoms with van der Waals surface area (Å²) in [6.07, 6.45) is 1.22. The van der Waals surface area contributed by atoms with Gasteiger partial charge in [-0.25, -0.2) is 0 Å². The molecule has 0 aliphatic carbocycles. The zero-order chi connectivity index (χ0) is 10.9. The van der Waals surface area contributed by atoms with E-state index in [2.05, 4.69) is 47.9 Å². The van der Waals surface area contributed by atoms with Gasteiger partial charge in [0.1, 0.15) is 0 Å². The van der Waals surface area contributed by atoms with Crippen LogP contribution in [-0.2, 0) is 6.54 Å². The predicted molar refractivity (Wildman–Crippen MR) is 65.9 cm³/mol. The summed E-state index contributed by atoms with van der Waals surface area (Å²) in [6.45, 7) is 5.40. The normalized spacial score (nSPS) is 12.7. The van der Waals surface area contributed by atoms with Crippen LogP contribution in [0.1, 0.15) is 18.9 Å². The Kier molecular flexibility index (Phi) is 6.05. The maximum Gasteiger partial charge on any atom is 0.0205 e. The fourth-order valence-electron chi connectivity index (χ4n) is 1.67. The monoisotopic (exact) mass is 206 g/mol. The maximum absolute atomic E-state index is 3.50. The molecule has 1 aromatic rings. The first-order chi connectivity index (χ1) is 7.36. The van der Waals surface area contributed by atoms with Gasteiger partial charge in [-0.15, -0.1) is 0 Å². The summed E-state index contributed by atoms with van der Waals surface area (Å²) in [5, 5.41) is 6.72. The molecule has 0 aliphatic heterocycles. The highest BCUT2D eigenvalue weighted by Crippen LogP contribution is 2.01. The number of nitrogens with one attached hydrogen (secondary N) is 2. The molecule has 2 nitrogen and oxygen atoms in total. The van der Waals surface area contributed by atoms with E-state index in [1.807, 2.05) is 7.05 Å². The number of benzene rings is 1. The van der Waals surface area contributed by atoms with E-state index >= 15 is 0 Å². The Hall–Kier alpha value is -0.860. The van der Waals surface area contributed by atoms with E-state index in [1.165, 1.54) is 12.0 Å². The van der Waals surface area contributed by atoms with Crippen LogP contribution in [0.4, 0.5) is 0 Å². The first-order valence-electron chi connectivity index (χ1n) is 5.76. The van der Waals surface area contributed by atoms with Crippen LogP contribution in [0, 0.1) is 5.92 Å². The number of rotatable bonds is 7. The summed E-state index contributed by atoms with van der Waals surface area (Å²) in [4.78, 5) is 0. The molecule has 0 spiro atoms. The molecule has 1 atom stereocenters. The largest absolute Gasteiger partial charge is 0.319 e. The van der Waals surface area contributed by atoms with Crippen LogP contribution in [0.3, 0.4) is 0 Å². The van der Waals surface area contributed by atoms with E-state index < -0.39 is 0 Å². The second-order valence-electron chi connectivity index (χ2n) is 3.95. The summed E-state index contributed by atoms with van der Waals surface area (Å²) < 4.78 is 0. The Morgan fingerprint density at radius 3 is 2.47 bits per heavy atom. The van der Waals surface area contributed by atoms with Gasteiger partial charge in [0.15, 0.2) is 0 Å². The van der Waals surface area contributed by atoms with Crippen LogP contribution in [0.2, 0.25) is 0 Å². The van der Waals surface area contributed by atoms with Gasteiger partial charge in [0.2, 0.25) is 0 Å². The molecular formula is C13H22N2. The standard InChI is InChI=1S/C13H22N2/c1-3-12(9-14-2)10-15-11-13-7-5-4-6-8-13/h4-8,12,14-15H,3,9-11H2,1-2H3. The van der Waals surface area contributed by atoms with Crippen LogP contribution in [0.25, 0.3) is 0 Å². The van der Waals surface area contributed by atoms with Crippen molar-refractivity contribution in [3.8, 4) is 0 Å². The quantitative estimate of drug-likeness (QED) is 0.713. The van der Waals surface area contributed by atoms with Gasteiger partial charge in [-0.05, 0) is 31.6 Å².